The Morgan fingerprint density at radius 3 is 3.00 bits per heavy atom. The fraction of sp³-hybridized carbons (Fsp3) is 0.333. The lowest BCUT2D eigenvalue weighted by Crippen LogP contribution is -2.16. The fourth-order valence-electron chi connectivity index (χ4n) is 1.41. The first kappa shape index (κ1) is 10.3. The lowest BCUT2D eigenvalue weighted by atomic mass is 10.5. The van der Waals surface area contributed by atoms with Crippen molar-refractivity contribution in [3.8, 4) is 0 Å². The highest BCUT2D eigenvalue weighted by molar-refractivity contribution is 5.87. The summed E-state index contributed by atoms with van der Waals surface area (Å²) < 4.78 is 1.73. The van der Waals surface area contributed by atoms with E-state index in [4.69, 9.17) is 0 Å². The van der Waals surface area contributed by atoms with Crippen molar-refractivity contribution in [2.75, 3.05) is 5.32 Å². The number of fused-ring (bicyclic) bond motifs is 1. The molecule has 0 spiro atoms. The predicted octanol–water partition coefficient (Wildman–Crippen LogP) is 0.0979. The molecule has 0 radical (unpaired) electrons. The quantitative estimate of drug-likeness (QED) is 0.752. The van der Waals surface area contributed by atoms with E-state index in [2.05, 4.69) is 20.3 Å². The number of carbonyl (C=O) groups is 1. The monoisotopic (exact) mass is 221 g/mol. The van der Waals surface area contributed by atoms with Crippen molar-refractivity contribution >= 4 is 23.0 Å². The summed E-state index contributed by atoms with van der Waals surface area (Å²) in [5, 5.41) is 2.43. The topological polar surface area (TPSA) is 92.7 Å². The van der Waals surface area contributed by atoms with Gasteiger partial charge < -0.3 is 4.57 Å². The smallest absolute Gasteiger partial charge is 0.280 e. The van der Waals surface area contributed by atoms with E-state index in [1.807, 2.05) is 6.92 Å². The number of anilines is 1. The van der Waals surface area contributed by atoms with Crippen LogP contribution in [0.25, 0.3) is 11.2 Å². The van der Waals surface area contributed by atoms with E-state index < -0.39 is 0 Å². The zero-order valence-corrected chi connectivity index (χ0v) is 8.94. The molecule has 0 saturated carbocycles. The lowest BCUT2D eigenvalue weighted by Gasteiger charge is -2.02. The first-order valence-corrected chi connectivity index (χ1v) is 4.84. The van der Waals surface area contributed by atoms with Gasteiger partial charge in [0.1, 0.15) is 0 Å². The number of carbonyl (C=O) groups excluding carboxylic acids is 1. The molecule has 0 aliphatic heterocycles. The number of rotatable bonds is 2. The van der Waals surface area contributed by atoms with Crippen molar-refractivity contribution in [2.45, 2.75) is 20.4 Å². The molecule has 7 heteroatoms. The molecule has 0 fully saturated rings. The molecular formula is C9H11N5O2. The Morgan fingerprint density at radius 1 is 1.62 bits per heavy atom. The Hall–Kier alpha value is -2.18. The standard InChI is InChI=1S/C9H11N5O2/c1-3-14-4-10-6-7(14)12-9(11-5(2)15)13-8(6)16/h4H,3H2,1-2H3,(H2,11,12,13,15,16). The van der Waals surface area contributed by atoms with Gasteiger partial charge in [0.2, 0.25) is 11.9 Å². The number of hydrogen-bond acceptors (Lipinski definition) is 4. The summed E-state index contributed by atoms with van der Waals surface area (Å²) in [6.45, 7) is 3.93. The summed E-state index contributed by atoms with van der Waals surface area (Å²) in [7, 11) is 0. The maximum Gasteiger partial charge on any atom is 0.280 e. The minimum absolute atomic E-state index is 0.139. The molecule has 2 N–H and O–H groups in total. The second kappa shape index (κ2) is 3.76. The van der Waals surface area contributed by atoms with Crippen molar-refractivity contribution in [1.29, 1.82) is 0 Å². The number of hydrogen-bond donors (Lipinski definition) is 2. The Bertz CT molecular complexity index is 597. The van der Waals surface area contributed by atoms with Gasteiger partial charge in [-0.15, -0.1) is 0 Å². The second-order valence-corrected chi connectivity index (χ2v) is 3.30. The normalized spacial score (nSPS) is 10.6. The minimum atomic E-state index is -0.360. The third-order valence-corrected chi connectivity index (χ3v) is 2.11. The highest BCUT2D eigenvalue weighted by Crippen LogP contribution is 2.07. The zero-order chi connectivity index (χ0) is 11.7. The highest BCUT2D eigenvalue weighted by Gasteiger charge is 2.09. The number of nitrogens with one attached hydrogen (secondary N) is 2. The second-order valence-electron chi connectivity index (χ2n) is 3.30. The van der Waals surface area contributed by atoms with Crippen LogP contribution in [0.5, 0.6) is 0 Å². The van der Waals surface area contributed by atoms with Gasteiger partial charge in [0.15, 0.2) is 11.2 Å². The van der Waals surface area contributed by atoms with Crippen LogP contribution in [0, 0.1) is 0 Å². The van der Waals surface area contributed by atoms with Gasteiger partial charge >= 0.3 is 0 Å². The van der Waals surface area contributed by atoms with Crippen LogP contribution in [0.4, 0.5) is 5.95 Å². The van der Waals surface area contributed by atoms with Crippen LogP contribution in [-0.4, -0.2) is 25.4 Å². The molecule has 2 heterocycles. The van der Waals surface area contributed by atoms with E-state index in [1.165, 1.54) is 6.92 Å². The van der Waals surface area contributed by atoms with Crippen molar-refractivity contribution in [3.63, 3.8) is 0 Å². The van der Waals surface area contributed by atoms with Gasteiger partial charge in [0, 0.05) is 13.5 Å². The van der Waals surface area contributed by atoms with E-state index in [-0.39, 0.29) is 22.9 Å². The molecule has 16 heavy (non-hydrogen) atoms. The van der Waals surface area contributed by atoms with Crippen molar-refractivity contribution in [2.24, 2.45) is 0 Å². The van der Waals surface area contributed by atoms with Gasteiger partial charge in [-0.3, -0.25) is 19.9 Å². The minimum Gasteiger partial charge on any atom is -0.315 e. The summed E-state index contributed by atoms with van der Waals surface area (Å²) in [6, 6.07) is 0. The molecular weight excluding hydrogens is 210 g/mol. The molecule has 7 nitrogen and oxygen atoms in total. The highest BCUT2D eigenvalue weighted by atomic mass is 16.1. The van der Waals surface area contributed by atoms with Gasteiger partial charge in [-0.25, -0.2) is 4.98 Å². The summed E-state index contributed by atoms with van der Waals surface area (Å²) in [6.07, 6.45) is 1.55. The Balaban J connectivity index is 2.63. The summed E-state index contributed by atoms with van der Waals surface area (Å²) >= 11 is 0. The average Bonchev–Trinajstić information content (AvgIpc) is 2.60. The molecule has 0 bridgehead atoms. The van der Waals surface area contributed by atoms with Gasteiger partial charge in [-0.05, 0) is 6.92 Å². The van der Waals surface area contributed by atoms with Crippen LogP contribution in [0.15, 0.2) is 11.1 Å². The number of aromatic nitrogens is 4. The van der Waals surface area contributed by atoms with Crippen LogP contribution in [0.1, 0.15) is 13.8 Å². The molecule has 0 aliphatic carbocycles. The fourth-order valence-corrected chi connectivity index (χ4v) is 1.41. The first-order valence-electron chi connectivity index (χ1n) is 4.84. The molecule has 1 amide bonds. The molecule has 84 valence electrons. The number of imidazole rings is 1. The van der Waals surface area contributed by atoms with Gasteiger partial charge in [0.05, 0.1) is 6.33 Å². The van der Waals surface area contributed by atoms with E-state index in [0.717, 1.165) is 0 Å². The van der Waals surface area contributed by atoms with E-state index >= 15 is 0 Å². The Kier molecular flexibility index (Phi) is 2.43. The maximum atomic E-state index is 11.6. The molecule has 0 saturated heterocycles. The molecule has 0 aliphatic rings. The van der Waals surface area contributed by atoms with Crippen molar-refractivity contribution in [1.82, 2.24) is 19.5 Å². The zero-order valence-electron chi connectivity index (χ0n) is 8.94. The number of amides is 1. The summed E-state index contributed by atoms with van der Waals surface area (Å²) in [4.78, 5) is 33.0. The lowest BCUT2D eigenvalue weighted by molar-refractivity contribution is -0.114. The number of aryl methyl sites for hydroxylation is 1. The third-order valence-electron chi connectivity index (χ3n) is 2.11. The number of nitrogens with zero attached hydrogens (tertiary/aromatic N) is 3. The Labute approximate surface area is 90.5 Å². The van der Waals surface area contributed by atoms with E-state index in [1.54, 1.807) is 10.9 Å². The Morgan fingerprint density at radius 2 is 2.38 bits per heavy atom. The first-order chi connectivity index (χ1) is 7.61. The van der Waals surface area contributed by atoms with Crippen LogP contribution in [-0.2, 0) is 11.3 Å². The molecule has 2 aromatic heterocycles. The molecule has 2 aromatic rings. The van der Waals surface area contributed by atoms with Crippen LogP contribution < -0.4 is 10.9 Å². The van der Waals surface area contributed by atoms with Gasteiger partial charge in [-0.1, -0.05) is 0 Å². The van der Waals surface area contributed by atoms with Crippen LogP contribution in [0.2, 0.25) is 0 Å². The predicted molar refractivity (Wildman–Crippen MR) is 58.1 cm³/mol. The van der Waals surface area contributed by atoms with E-state index in [9.17, 15) is 9.59 Å². The summed E-state index contributed by atoms with van der Waals surface area (Å²) in [5.74, 6) is -0.148. The molecule has 2 rings (SSSR count). The van der Waals surface area contributed by atoms with Crippen molar-refractivity contribution < 1.29 is 4.79 Å². The molecule has 0 aromatic carbocycles. The SMILES string of the molecule is CCn1cnc2c(=O)[nH]c(NC(C)=O)nc21. The average molecular weight is 221 g/mol. The molecule has 0 atom stereocenters. The maximum absolute atomic E-state index is 11.6. The van der Waals surface area contributed by atoms with Gasteiger partial charge in [-0.2, -0.15) is 4.98 Å². The largest absolute Gasteiger partial charge is 0.315 e. The van der Waals surface area contributed by atoms with Crippen molar-refractivity contribution in [3.05, 3.63) is 16.7 Å². The molecule has 0 unspecified atom stereocenters. The number of aromatic amines is 1. The van der Waals surface area contributed by atoms with Crippen LogP contribution >= 0.6 is 0 Å². The van der Waals surface area contributed by atoms with Crippen LogP contribution in [0.3, 0.4) is 0 Å². The number of H-pyrrole nitrogens is 1. The van der Waals surface area contributed by atoms with Gasteiger partial charge in [0.25, 0.3) is 5.56 Å². The summed E-state index contributed by atoms with van der Waals surface area (Å²) in [5.41, 5.74) is 0.381. The third kappa shape index (κ3) is 1.67. The van der Waals surface area contributed by atoms with E-state index in [0.29, 0.717) is 12.2 Å².